The fraction of sp³-hybridized carbons (Fsp3) is 0.500. The Morgan fingerprint density at radius 3 is 2.12 bits per heavy atom. The summed E-state index contributed by atoms with van der Waals surface area (Å²) in [7, 11) is 0. The molecule has 0 spiro atoms. The number of amides is 1. The number of nitrogens with zero attached hydrogens (tertiary/aromatic N) is 1. The zero-order valence-electron chi connectivity index (χ0n) is 9.78. The van der Waals surface area contributed by atoms with Gasteiger partial charge in [0.05, 0.1) is 6.61 Å². The van der Waals surface area contributed by atoms with Gasteiger partial charge in [-0.1, -0.05) is 13.2 Å². The first-order valence-corrected chi connectivity index (χ1v) is 5.36. The molecule has 1 rings (SSSR count). The topological polar surface area (TPSA) is 46.6 Å². The predicted octanol–water partition coefficient (Wildman–Crippen LogP) is 1.53. The van der Waals surface area contributed by atoms with Crippen LogP contribution in [0.2, 0.25) is 0 Å². The van der Waals surface area contributed by atoms with Gasteiger partial charge >= 0.3 is 5.97 Å². The van der Waals surface area contributed by atoms with E-state index in [1.54, 1.807) is 6.92 Å². The van der Waals surface area contributed by atoms with E-state index in [-0.39, 0.29) is 11.9 Å². The predicted molar refractivity (Wildman–Crippen MR) is 62.8 cm³/mol. The maximum atomic E-state index is 10.8. The van der Waals surface area contributed by atoms with Crippen LogP contribution >= 0.6 is 0 Å². The van der Waals surface area contributed by atoms with Gasteiger partial charge in [0.25, 0.3) is 0 Å². The van der Waals surface area contributed by atoms with Gasteiger partial charge in [0.15, 0.2) is 0 Å². The Kier molecular flexibility index (Phi) is 7.85. The summed E-state index contributed by atoms with van der Waals surface area (Å²) < 4.78 is 4.43. The van der Waals surface area contributed by atoms with Crippen molar-refractivity contribution in [2.24, 2.45) is 0 Å². The third-order valence-corrected chi connectivity index (χ3v) is 2.05. The molecule has 4 heteroatoms. The summed E-state index contributed by atoms with van der Waals surface area (Å²) in [5.74, 6) is -0.282. The zero-order valence-corrected chi connectivity index (χ0v) is 9.78. The molecule has 0 aromatic carbocycles. The molecular weight excluding hydrogens is 206 g/mol. The Morgan fingerprint density at radius 2 is 1.81 bits per heavy atom. The number of likely N-dealkylation sites (tertiary alicyclic amines) is 1. The summed E-state index contributed by atoms with van der Waals surface area (Å²) in [6.45, 7) is 10.6. The first-order valence-electron chi connectivity index (χ1n) is 5.36. The second kappa shape index (κ2) is 8.71. The third kappa shape index (κ3) is 6.01. The molecule has 4 nitrogen and oxygen atoms in total. The first kappa shape index (κ1) is 14.4. The molecule has 1 amide bonds. The Morgan fingerprint density at radius 1 is 1.25 bits per heavy atom. The molecule has 1 heterocycles. The zero-order chi connectivity index (χ0) is 12.4. The summed E-state index contributed by atoms with van der Waals surface area (Å²) in [5.41, 5.74) is 0. The molecule has 16 heavy (non-hydrogen) atoms. The number of hydrogen-bond acceptors (Lipinski definition) is 3. The molecule has 0 bridgehead atoms. The molecule has 0 aromatic rings. The van der Waals surface area contributed by atoms with Gasteiger partial charge in [-0.2, -0.15) is 0 Å². The van der Waals surface area contributed by atoms with Crippen LogP contribution in [-0.4, -0.2) is 36.5 Å². The lowest BCUT2D eigenvalue weighted by molar-refractivity contribution is -0.137. The molecule has 90 valence electrons. The highest BCUT2D eigenvalue weighted by Crippen LogP contribution is 2.06. The van der Waals surface area contributed by atoms with Gasteiger partial charge in [-0.05, 0) is 25.8 Å². The maximum absolute atomic E-state index is 10.8. The lowest BCUT2D eigenvalue weighted by atomic mass is 10.4. The van der Waals surface area contributed by atoms with Gasteiger partial charge in [0.2, 0.25) is 5.91 Å². The van der Waals surface area contributed by atoms with E-state index in [2.05, 4.69) is 17.9 Å². The van der Waals surface area contributed by atoms with Gasteiger partial charge in [0.1, 0.15) is 0 Å². The summed E-state index contributed by atoms with van der Waals surface area (Å²) in [4.78, 5) is 22.7. The van der Waals surface area contributed by atoms with Crippen LogP contribution in [0.4, 0.5) is 0 Å². The minimum atomic E-state index is -0.359. The molecule has 0 saturated carbocycles. The van der Waals surface area contributed by atoms with Crippen LogP contribution in [0, 0.1) is 0 Å². The van der Waals surface area contributed by atoms with Crippen LogP contribution in [0.15, 0.2) is 25.3 Å². The number of hydrogen-bond donors (Lipinski definition) is 0. The molecule has 1 aliphatic rings. The highest BCUT2D eigenvalue weighted by molar-refractivity contribution is 5.87. The summed E-state index contributed by atoms with van der Waals surface area (Å²) >= 11 is 0. The van der Waals surface area contributed by atoms with E-state index in [0.29, 0.717) is 6.61 Å². The molecule has 0 aromatic heterocycles. The van der Waals surface area contributed by atoms with Crippen molar-refractivity contribution < 1.29 is 14.3 Å². The molecular formula is C12H19NO3. The highest BCUT2D eigenvalue weighted by Gasteiger charge is 2.13. The largest absolute Gasteiger partial charge is 0.463 e. The molecule has 0 radical (unpaired) electrons. The molecule has 0 atom stereocenters. The van der Waals surface area contributed by atoms with E-state index in [1.165, 1.54) is 6.08 Å². The van der Waals surface area contributed by atoms with Crippen molar-refractivity contribution in [3.8, 4) is 0 Å². The van der Waals surface area contributed by atoms with Gasteiger partial charge in [-0.15, -0.1) is 0 Å². The van der Waals surface area contributed by atoms with Crippen molar-refractivity contribution in [2.45, 2.75) is 19.8 Å². The standard InChI is InChI=1S/C7H11NO.C5H8O2/c1-2-7(9)8-5-3-4-6-8;1-3-5(6)7-4-2/h2H,1,3-6H2;3H,1,4H2,2H3. The average molecular weight is 225 g/mol. The normalized spacial score (nSPS) is 13.4. The van der Waals surface area contributed by atoms with Crippen LogP contribution in [0.3, 0.4) is 0 Å². The molecule has 0 N–H and O–H groups in total. The van der Waals surface area contributed by atoms with Gasteiger partial charge in [-0.25, -0.2) is 4.79 Å². The van der Waals surface area contributed by atoms with Crippen molar-refractivity contribution in [3.63, 3.8) is 0 Å². The Hall–Kier alpha value is -1.58. The smallest absolute Gasteiger partial charge is 0.330 e. The number of esters is 1. The minimum absolute atomic E-state index is 0.0764. The third-order valence-electron chi connectivity index (χ3n) is 2.05. The molecule has 1 aliphatic heterocycles. The highest BCUT2D eigenvalue weighted by atomic mass is 16.5. The molecule has 0 aliphatic carbocycles. The molecule has 0 unspecified atom stereocenters. The Labute approximate surface area is 96.6 Å². The summed E-state index contributed by atoms with van der Waals surface area (Å²) in [5, 5.41) is 0. The van der Waals surface area contributed by atoms with E-state index in [4.69, 9.17) is 0 Å². The number of ether oxygens (including phenoxy) is 1. The number of rotatable bonds is 3. The van der Waals surface area contributed by atoms with E-state index in [9.17, 15) is 9.59 Å². The lowest BCUT2D eigenvalue weighted by Crippen LogP contribution is -2.25. The Balaban J connectivity index is 0.000000293. The monoisotopic (exact) mass is 225 g/mol. The van der Waals surface area contributed by atoms with Crippen molar-refractivity contribution in [1.29, 1.82) is 0 Å². The van der Waals surface area contributed by atoms with Crippen molar-refractivity contribution in [1.82, 2.24) is 4.90 Å². The van der Waals surface area contributed by atoms with Crippen molar-refractivity contribution in [2.75, 3.05) is 19.7 Å². The van der Waals surface area contributed by atoms with E-state index >= 15 is 0 Å². The van der Waals surface area contributed by atoms with E-state index < -0.39 is 0 Å². The van der Waals surface area contributed by atoms with Crippen molar-refractivity contribution >= 4 is 11.9 Å². The van der Waals surface area contributed by atoms with Gasteiger partial charge < -0.3 is 9.64 Å². The molecule has 1 fully saturated rings. The maximum Gasteiger partial charge on any atom is 0.330 e. The second-order valence-electron chi connectivity index (χ2n) is 3.19. The van der Waals surface area contributed by atoms with Crippen LogP contribution in [0.25, 0.3) is 0 Å². The van der Waals surface area contributed by atoms with Crippen LogP contribution in [0.5, 0.6) is 0 Å². The number of carbonyl (C=O) groups excluding carboxylic acids is 2. The van der Waals surface area contributed by atoms with E-state index in [0.717, 1.165) is 32.0 Å². The lowest BCUT2D eigenvalue weighted by Gasteiger charge is -2.10. The fourth-order valence-electron chi connectivity index (χ4n) is 1.27. The van der Waals surface area contributed by atoms with Crippen LogP contribution < -0.4 is 0 Å². The minimum Gasteiger partial charge on any atom is -0.463 e. The second-order valence-corrected chi connectivity index (χ2v) is 3.19. The summed E-state index contributed by atoms with van der Waals surface area (Å²) in [6.07, 6.45) is 4.83. The Bertz CT molecular complexity index is 255. The number of carbonyl (C=O) groups is 2. The van der Waals surface area contributed by atoms with Crippen LogP contribution in [0.1, 0.15) is 19.8 Å². The van der Waals surface area contributed by atoms with Crippen LogP contribution in [-0.2, 0) is 14.3 Å². The van der Waals surface area contributed by atoms with E-state index in [1.807, 2.05) is 4.90 Å². The van der Waals surface area contributed by atoms with Crippen molar-refractivity contribution in [3.05, 3.63) is 25.3 Å². The molecule has 1 saturated heterocycles. The SMILES string of the molecule is C=CC(=O)N1CCCC1.C=CC(=O)OCC. The summed E-state index contributed by atoms with van der Waals surface area (Å²) in [6, 6.07) is 0. The fourth-order valence-corrected chi connectivity index (χ4v) is 1.27. The van der Waals surface area contributed by atoms with Gasteiger partial charge in [0, 0.05) is 19.2 Å². The quantitative estimate of drug-likeness (QED) is 0.540. The average Bonchev–Trinajstić information content (AvgIpc) is 2.82. The van der Waals surface area contributed by atoms with Gasteiger partial charge in [-0.3, -0.25) is 4.79 Å². The first-order chi connectivity index (χ1) is 7.65.